The molecule has 2 aliphatic rings. The molecule has 0 bridgehead atoms. The third kappa shape index (κ3) is 4.17. The van der Waals surface area contributed by atoms with Gasteiger partial charge in [-0.25, -0.2) is 9.78 Å². The second-order valence-electron chi connectivity index (χ2n) is 9.20. The van der Waals surface area contributed by atoms with Gasteiger partial charge in [-0.05, 0) is 46.5 Å². The molecule has 7 nitrogen and oxygen atoms in total. The second kappa shape index (κ2) is 9.19. The molecule has 0 spiro atoms. The zero-order valence-electron chi connectivity index (χ0n) is 19.0. The monoisotopic (exact) mass is 565 g/mol. The number of hydrogen-bond donors (Lipinski definition) is 1. The van der Waals surface area contributed by atoms with Gasteiger partial charge in [0.2, 0.25) is 5.82 Å². The van der Waals surface area contributed by atoms with E-state index < -0.39 is 48.3 Å². The highest BCUT2D eigenvalue weighted by Crippen LogP contribution is 2.49. The number of aliphatic hydroxyl groups is 1. The fourth-order valence-electron chi connectivity index (χ4n) is 5.63. The molecule has 1 N–H and O–H groups in total. The lowest BCUT2D eigenvalue weighted by Crippen LogP contribution is -2.64. The van der Waals surface area contributed by atoms with Gasteiger partial charge in [0.25, 0.3) is 5.91 Å². The molecule has 4 atom stereocenters. The smallest absolute Gasteiger partial charge is 0.435 e. The number of piperidine rings is 1. The van der Waals surface area contributed by atoms with Crippen molar-refractivity contribution in [3.8, 4) is 0 Å². The van der Waals surface area contributed by atoms with Crippen molar-refractivity contribution in [2.24, 2.45) is 5.92 Å². The lowest BCUT2D eigenvalue weighted by Gasteiger charge is -2.54. The zero-order chi connectivity index (χ0) is 25.7. The lowest BCUT2D eigenvalue weighted by molar-refractivity contribution is -0.231. The van der Waals surface area contributed by atoms with Gasteiger partial charge in [-0.2, -0.15) is 13.2 Å². The topological polar surface area (TPSA) is 84.1 Å². The first-order chi connectivity index (χ1) is 17.1. The summed E-state index contributed by atoms with van der Waals surface area (Å²) in [5, 5.41) is 11.9. The van der Waals surface area contributed by atoms with Gasteiger partial charge in [-0.1, -0.05) is 49.2 Å². The summed E-state index contributed by atoms with van der Waals surface area (Å²) in [6.07, 6.45) is -3.17. The molecule has 1 aliphatic heterocycles. The highest BCUT2D eigenvalue weighted by molar-refractivity contribution is 9.10. The number of aromatic nitrogens is 2. The Kier molecular flexibility index (Phi) is 6.32. The average Bonchev–Trinajstić information content (AvgIpc) is 3.20. The summed E-state index contributed by atoms with van der Waals surface area (Å²) < 4.78 is 46.6. The number of hydrogen-bond acceptors (Lipinski definition) is 5. The predicted molar refractivity (Wildman–Crippen MR) is 126 cm³/mol. The Labute approximate surface area is 213 Å². The summed E-state index contributed by atoms with van der Waals surface area (Å²) in [5.41, 5.74) is -0.478. The number of carbonyl (C=O) groups is 2. The van der Waals surface area contributed by atoms with Gasteiger partial charge < -0.3 is 9.84 Å². The summed E-state index contributed by atoms with van der Waals surface area (Å²) in [6.45, 7) is 0. The van der Waals surface area contributed by atoms with Crippen LogP contribution < -0.4 is 0 Å². The Morgan fingerprint density at radius 1 is 1.08 bits per heavy atom. The van der Waals surface area contributed by atoms with Crippen molar-refractivity contribution in [1.82, 2.24) is 14.3 Å². The maximum absolute atomic E-state index is 13.9. The van der Waals surface area contributed by atoms with E-state index in [4.69, 9.17) is 4.74 Å². The number of ether oxygens (including phenoxy) is 1. The van der Waals surface area contributed by atoms with Gasteiger partial charge in [-0.3, -0.25) is 14.1 Å². The van der Waals surface area contributed by atoms with Crippen molar-refractivity contribution in [3.63, 3.8) is 0 Å². The minimum absolute atomic E-state index is 0.0278. The van der Waals surface area contributed by atoms with Gasteiger partial charge in [0.15, 0.2) is 6.23 Å². The second-order valence-corrected chi connectivity index (χ2v) is 9.96. The fourth-order valence-corrected chi connectivity index (χ4v) is 6.12. The van der Waals surface area contributed by atoms with E-state index in [0.717, 1.165) is 6.42 Å². The first kappa shape index (κ1) is 24.8. The van der Waals surface area contributed by atoms with Crippen LogP contribution in [0, 0.1) is 5.92 Å². The van der Waals surface area contributed by atoms with Gasteiger partial charge >= 0.3 is 12.1 Å². The molecule has 4 unspecified atom stereocenters. The van der Waals surface area contributed by atoms with E-state index in [-0.39, 0.29) is 5.82 Å². The Morgan fingerprint density at radius 3 is 2.50 bits per heavy atom. The SMILES string of the molecule is O=C(c1nc(Br)c2ccccn12)N1C(OC(=O)C(F)(F)F)CC(O)(c2ccccc2)C2CCCCC21. The molecule has 1 amide bonds. The molecule has 36 heavy (non-hydrogen) atoms. The van der Waals surface area contributed by atoms with E-state index >= 15 is 0 Å². The first-order valence-electron chi connectivity index (χ1n) is 11.6. The lowest BCUT2D eigenvalue weighted by atomic mass is 9.65. The minimum Gasteiger partial charge on any atom is -0.435 e. The van der Waals surface area contributed by atoms with Crippen LogP contribution in [0.2, 0.25) is 0 Å². The number of nitrogens with zero attached hydrogens (tertiary/aromatic N) is 3. The molecule has 1 aromatic carbocycles. The number of imidazole rings is 1. The van der Waals surface area contributed by atoms with Crippen molar-refractivity contribution >= 4 is 33.3 Å². The highest BCUT2D eigenvalue weighted by atomic mass is 79.9. The Balaban J connectivity index is 1.62. The van der Waals surface area contributed by atoms with E-state index in [9.17, 15) is 27.9 Å². The van der Waals surface area contributed by atoms with E-state index in [0.29, 0.717) is 34.9 Å². The molecule has 11 heteroatoms. The van der Waals surface area contributed by atoms with Crippen LogP contribution in [0.5, 0.6) is 0 Å². The van der Waals surface area contributed by atoms with Crippen LogP contribution >= 0.6 is 15.9 Å². The van der Waals surface area contributed by atoms with Gasteiger partial charge in [0, 0.05) is 24.6 Å². The Morgan fingerprint density at radius 2 is 1.78 bits per heavy atom. The normalized spacial score (nSPS) is 26.5. The summed E-state index contributed by atoms with van der Waals surface area (Å²) in [5.74, 6) is -3.58. The summed E-state index contributed by atoms with van der Waals surface area (Å²) in [7, 11) is 0. The van der Waals surface area contributed by atoms with Crippen LogP contribution in [0.4, 0.5) is 13.2 Å². The van der Waals surface area contributed by atoms with Crippen LogP contribution in [-0.2, 0) is 15.1 Å². The first-order valence-corrected chi connectivity index (χ1v) is 12.4. The number of likely N-dealkylation sites (tertiary alicyclic amines) is 1. The number of alkyl halides is 3. The van der Waals surface area contributed by atoms with Crippen molar-refractivity contribution < 1.29 is 32.6 Å². The molecule has 0 radical (unpaired) electrons. The molecule has 2 fully saturated rings. The molecule has 3 heterocycles. The summed E-state index contributed by atoms with van der Waals surface area (Å²) in [6, 6.07) is 13.2. The maximum Gasteiger partial charge on any atom is 0.491 e. The maximum atomic E-state index is 13.9. The zero-order valence-corrected chi connectivity index (χ0v) is 20.6. The number of benzene rings is 1. The number of esters is 1. The van der Waals surface area contributed by atoms with Crippen LogP contribution in [0.1, 0.15) is 48.3 Å². The molecular formula is C25H23BrF3N3O4. The molecule has 2 aromatic heterocycles. The fraction of sp³-hybridized carbons (Fsp3) is 0.400. The van der Waals surface area contributed by atoms with E-state index in [2.05, 4.69) is 20.9 Å². The van der Waals surface area contributed by atoms with Gasteiger partial charge in [0.1, 0.15) is 4.60 Å². The molecule has 3 aromatic rings. The molecular weight excluding hydrogens is 543 g/mol. The minimum atomic E-state index is -5.26. The van der Waals surface area contributed by atoms with Crippen molar-refractivity contribution in [1.29, 1.82) is 0 Å². The quantitative estimate of drug-likeness (QED) is 0.460. The van der Waals surface area contributed by atoms with Crippen LogP contribution in [-0.4, -0.2) is 49.7 Å². The highest BCUT2D eigenvalue weighted by Gasteiger charge is 2.57. The summed E-state index contributed by atoms with van der Waals surface area (Å²) >= 11 is 3.33. The molecule has 1 saturated heterocycles. The molecule has 1 aliphatic carbocycles. The molecule has 5 rings (SSSR count). The van der Waals surface area contributed by atoms with Gasteiger partial charge in [-0.15, -0.1) is 0 Å². The predicted octanol–water partition coefficient (Wildman–Crippen LogP) is 4.82. The van der Waals surface area contributed by atoms with Crippen molar-refractivity contribution in [2.75, 3.05) is 0 Å². The number of fused-ring (bicyclic) bond motifs is 2. The standard InChI is InChI=1S/C25H23BrF3N3O4/c26-20-18-12-6-7-13-31(18)21(30-20)22(33)32-17-11-5-4-10-16(17)24(35,15-8-2-1-3-9-15)14-19(32)36-23(34)25(27,28)29/h1-3,6-9,12-13,16-17,19,35H,4-5,10-11,14H2. The third-order valence-electron chi connectivity index (χ3n) is 7.17. The van der Waals surface area contributed by atoms with Crippen molar-refractivity contribution in [3.05, 3.63) is 70.7 Å². The molecule has 1 saturated carbocycles. The summed E-state index contributed by atoms with van der Waals surface area (Å²) in [4.78, 5) is 31.4. The number of pyridine rings is 1. The number of rotatable bonds is 3. The van der Waals surface area contributed by atoms with Crippen molar-refractivity contribution in [2.45, 2.75) is 56.2 Å². The van der Waals surface area contributed by atoms with E-state index in [1.165, 1.54) is 9.30 Å². The van der Waals surface area contributed by atoms with E-state index in [1.54, 1.807) is 54.7 Å². The Hall–Kier alpha value is -2.92. The average molecular weight is 566 g/mol. The Bertz CT molecular complexity index is 1300. The van der Waals surface area contributed by atoms with Crippen LogP contribution in [0.15, 0.2) is 59.3 Å². The van der Waals surface area contributed by atoms with Crippen LogP contribution in [0.3, 0.4) is 0 Å². The largest absolute Gasteiger partial charge is 0.491 e. The molecule has 190 valence electrons. The number of halogens is 4. The van der Waals surface area contributed by atoms with E-state index in [1.807, 2.05) is 0 Å². The third-order valence-corrected chi connectivity index (χ3v) is 7.76. The van der Waals surface area contributed by atoms with Crippen LogP contribution in [0.25, 0.3) is 5.52 Å². The van der Waals surface area contributed by atoms with Gasteiger partial charge in [0.05, 0.1) is 11.1 Å². The number of amides is 1. The number of carbonyl (C=O) groups excluding carboxylic acids is 2.